The zero-order valence-corrected chi connectivity index (χ0v) is 20.4. The van der Waals surface area contributed by atoms with Crippen LogP contribution in [0.25, 0.3) is 50.0 Å². The van der Waals surface area contributed by atoms with Gasteiger partial charge >= 0.3 is 0 Å². The molecular formula is C32H24N2S. The predicted molar refractivity (Wildman–Crippen MR) is 150 cm³/mol. The molecule has 2 aromatic heterocycles. The molecule has 0 spiro atoms. The number of hydrogen-bond donors (Lipinski definition) is 0. The summed E-state index contributed by atoms with van der Waals surface area (Å²) in [7, 11) is 0. The number of fused-ring (bicyclic) bond motifs is 4. The van der Waals surface area contributed by atoms with Crippen LogP contribution in [0.3, 0.4) is 0 Å². The Labute approximate surface area is 209 Å². The second kappa shape index (κ2) is 8.58. The second-order valence-electron chi connectivity index (χ2n) is 8.86. The van der Waals surface area contributed by atoms with Crippen molar-refractivity contribution in [2.24, 2.45) is 0 Å². The van der Waals surface area contributed by atoms with Crippen molar-refractivity contribution in [3.05, 3.63) is 113 Å². The Kier molecular flexibility index (Phi) is 5.25. The molecular weight excluding hydrogens is 444 g/mol. The molecule has 3 heteroatoms. The first-order valence-corrected chi connectivity index (χ1v) is 12.7. The molecule has 1 aliphatic rings. The van der Waals surface area contributed by atoms with Crippen LogP contribution < -0.4 is 0 Å². The number of para-hydroxylation sites is 2. The lowest BCUT2D eigenvalue weighted by Gasteiger charge is -2.17. The van der Waals surface area contributed by atoms with E-state index in [1.165, 1.54) is 31.5 Å². The van der Waals surface area contributed by atoms with Gasteiger partial charge in [0.1, 0.15) is 6.07 Å². The molecule has 0 radical (unpaired) electrons. The average molecular weight is 469 g/mol. The Morgan fingerprint density at radius 2 is 1.94 bits per heavy atom. The van der Waals surface area contributed by atoms with Crippen molar-refractivity contribution in [3.8, 4) is 22.9 Å². The molecule has 0 bridgehead atoms. The van der Waals surface area contributed by atoms with Crippen LogP contribution in [0.2, 0.25) is 0 Å². The summed E-state index contributed by atoms with van der Waals surface area (Å²) in [6, 6.07) is 23.7. The third-order valence-electron chi connectivity index (χ3n) is 6.88. The summed E-state index contributed by atoms with van der Waals surface area (Å²) in [6.07, 6.45) is 12.6. The molecule has 0 amide bonds. The Balaban J connectivity index is 1.68. The molecule has 3 aromatic carbocycles. The number of allylic oxidation sites excluding steroid dienone is 3. The highest BCUT2D eigenvalue weighted by molar-refractivity contribution is 7.19. The minimum absolute atomic E-state index is 0.656. The van der Waals surface area contributed by atoms with Gasteiger partial charge in [-0.2, -0.15) is 5.26 Å². The first-order valence-electron chi connectivity index (χ1n) is 11.9. The number of aryl methyl sites for hydroxylation is 2. The summed E-state index contributed by atoms with van der Waals surface area (Å²) in [5.41, 5.74) is 8.45. The Morgan fingerprint density at radius 3 is 2.80 bits per heavy atom. The van der Waals surface area contributed by atoms with Gasteiger partial charge in [0.2, 0.25) is 0 Å². The smallest absolute Gasteiger partial charge is 0.101 e. The van der Waals surface area contributed by atoms with Crippen molar-refractivity contribution < 1.29 is 0 Å². The number of rotatable bonds is 4. The van der Waals surface area contributed by atoms with Gasteiger partial charge in [-0.25, -0.2) is 0 Å². The molecule has 1 aliphatic carbocycles. The summed E-state index contributed by atoms with van der Waals surface area (Å²) < 4.78 is 3.56. The predicted octanol–water partition coefficient (Wildman–Crippen LogP) is 8.85. The fourth-order valence-electron chi connectivity index (χ4n) is 5.25. The minimum atomic E-state index is 0.656. The second-order valence-corrected chi connectivity index (χ2v) is 10.00. The summed E-state index contributed by atoms with van der Waals surface area (Å²) >= 11 is 1.90. The summed E-state index contributed by atoms with van der Waals surface area (Å²) in [5.74, 6) is 0. The monoisotopic (exact) mass is 468 g/mol. The number of hydrogen-bond acceptors (Lipinski definition) is 2. The van der Waals surface area contributed by atoms with Crippen molar-refractivity contribution in [3.63, 3.8) is 0 Å². The maximum absolute atomic E-state index is 10.2. The SMILES string of the molecule is C=C/C=C\c1c(C)c2ccccc2n1-c1c(C#N)cccc1-c1ccc2sc3c(c2c1)C=CCC3. The van der Waals surface area contributed by atoms with Gasteiger partial charge in [-0.15, -0.1) is 11.3 Å². The van der Waals surface area contributed by atoms with Crippen molar-refractivity contribution in [1.29, 1.82) is 5.26 Å². The molecule has 0 saturated heterocycles. The Morgan fingerprint density at radius 1 is 1.06 bits per heavy atom. The van der Waals surface area contributed by atoms with Crippen molar-refractivity contribution in [2.75, 3.05) is 0 Å². The average Bonchev–Trinajstić information content (AvgIpc) is 3.41. The highest BCUT2D eigenvalue weighted by Gasteiger charge is 2.21. The van der Waals surface area contributed by atoms with Gasteiger partial charge in [0.15, 0.2) is 0 Å². The van der Waals surface area contributed by atoms with Crippen LogP contribution in [0, 0.1) is 18.3 Å². The van der Waals surface area contributed by atoms with E-state index in [1.807, 2.05) is 29.5 Å². The van der Waals surface area contributed by atoms with Crippen molar-refractivity contribution in [2.45, 2.75) is 19.8 Å². The van der Waals surface area contributed by atoms with Crippen LogP contribution in [0.5, 0.6) is 0 Å². The lowest BCUT2D eigenvalue weighted by atomic mass is 9.96. The summed E-state index contributed by atoms with van der Waals surface area (Å²) in [4.78, 5) is 1.47. The van der Waals surface area contributed by atoms with E-state index in [0.717, 1.165) is 40.9 Å². The van der Waals surface area contributed by atoms with Gasteiger partial charge in [-0.1, -0.05) is 67.3 Å². The molecule has 0 atom stereocenters. The van der Waals surface area contributed by atoms with E-state index in [-0.39, 0.29) is 0 Å². The van der Waals surface area contributed by atoms with Gasteiger partial charge in [-0.05, 0) is 66.8 Å². The molecule has 2 nitrogen and oxygen atoms in total. The fourth-order valence-corrected chi connectivity index (χ4v) is 6.44. The zero-order chi connectivity index (χ0) is 23.9. The lowest BCUT2D eigenvalue weighted by Crippen LogP contribution is -2.03. The third kappa shape index (κ3) is 3.38. The molecule has 2 heterocycles. The van der Waals surface area contributed by atoms with Crippen molar-refractivity contribution >= 4 is 44.5 Å². The molecule has 0 saturated carbocycles. The van der Waals surface area contributed by atoms with Crippen molar-refractivity contribution in [1.82, 2.24) is 4.57 Å². The van der Waals surface area contributed by atoms with Crippen LogP contribution in [0.4, 0.5) is 0 Å². The highest BCUT2D eigenvalue weighted by atomic mass is 32.1. The largest absolute Gasteiger partial charge is 0.308 e. The van der Waals surface area contributed by atoms with Crippen LogP contribution in [0.15, 0.2) is 85.5 Å². The Bertz CT molecular complexity index is 1730. The van der Waals surface area contributed by atoms with Crippen LogP contribution in [-0.4, -0.2) is 4.57 Å². The molecule has 6 rings (SSSR count). The van der Waals surface area contributed by atoms with E-state index in [9.17, 15) is 5.26 Å². The van der Waals surface area contributed by atoms with Crippen LogP contribution in [0.1, 0.15) is 33.7 Å². The van der Waals surface area contributed by atoms with E-state index in [4.69, 9.17) is 0 Å². The molecule has 0 fully saturated rings. The number of nitriles is 1. The van der Waals surface area contributed by atoms with Gasteiger partial charge in [0.05, 0.1) is 16.8 Å². The van der Waals surface area contributed by atoms with E-state index in [1.54, 1.807) is 6.08 Å². The number of nitrogens with zero attached hydrogens (tertiary/aromatic N) is 2. The molecule has 0 aliphatic heterocycles. The van der Waals surface area contributed by atoms with Gasteiger partial charge in [0.25, 0.3) is 0 Å². The molecule has 168 valence electrons. The fraction of sp³-hybridized carbons (Fsp3) is 0.0938. The highest BCUT2D eigenvalue weighted by Crippen LogP contribution is 2.41. The first kappa shape index (κ1) is 21.4. The van der Waals surface area contributed by atoms with E-state index >= 15 is 0 Å². The third-order valence-corrected chi connectivity index (χ3v) is 8.13. The minimum Gasteiger partial charge on any atom is -0.308 e. The zero-order valence-electron chi connectivity index (χ0n) is 19.6. The lowest BCUT2D eigenvalue weighted by molar-refractivity contribution is 1.02. The van der Waals surface area contributed by atoms with E-state index in [2.05, 4.69) is 90.9 Å². The van der Waals surface area contributed by atoms with Gasteiger partial charge in [0, 0.05) is 31.6 Å². The number of aromatic nitrogens is 1. The molecule has 35 heavy (non-hydrogen) atoms. The van der Waals surface area contributed by atoms with Gasteiger partial charge in [-0.3, -0.25) is 0 Å². The number of benzene rings is 3. The quantitative estimate of drug-likeness (QED) is 0.242. The summed E-state index contributed by atoms with van der Waals surface area (Å²) in [6.45, 7) is 6.01. The first-order chi connectivity index (χ1) is 17.2. The van der Waals surface area contributed by atoms with E-state index in [0.29, 0.717) is 5.56 Å². The van der Waals surface area contributed by atoms with Gasteiger partial charge < -0.3 is 4.57 Å². The standard InChI is InChI=1S/C32H24N2S/c1-3-4-14-28-21(2)24-11-5-7-15-29(24)34(28)32-23(20-33)10-9-13-25(32)22-17-18-31-27(19-22)26-12-6-8-16-30(26)35-31/h3-7,9-15,17-19H,1,8,16H2,2H3/b14-4-. The molecule has 0 unspecified atom stereocenters. The molecule has 5 aromatic rings. The Hall–Kier alpha value is -4.13. The molecule has 0 N–H and O–H groups in total. The topological polar surface area (TPSA) is 28.7 Å². The van der Waals surface area contributed by atoms with Crippen LogP contribution in [-0.2, 0) is 6.42 Å². The number of thiophene rings is 1. The maximum Gasteiger partial charge on any atom is 0.101 e. The van der Waals surface area contributed by atoms with E-state index < -0.39 is 0 Å². The van der Waals surface area contributed by atoms with Crippen LogP contribution >= 0.6 is 11.3 Å². The normalized spacial score (nSPS) is 12.9. The summed E-state index contributed by atoms with van der Waals surface area (Å²) in [5, 5.41) is 12.7. The maximum atomic E-state index is 10.2.